The van der Waals surface area contributed by atoms with Crippen LogP contribution < -0.4 is 14.8 Å². The summed E-state index contributed by atoms with van der Waals surface area (Å²) in [6.07, 6.45) is 0.515. The summed E-state index contributed by atoms with van der Waals surface area (Å²) in [5.74, 6) is -0.853. The molecule has 8 heteroatoms. The third kappa shape index (κ3) is 5.28. The number of aromatic hydroxyl groups is 1. The second kappa shape index (κ2) is 11.3. The van der Waals surface area contributed by atoms with E-state index >= 15 is 8.78 Å². The summed E-state index contributed by atoms with van der Waals surface area (Å²) in [5.41, 5.74) is 2.26. The highest BCUT2D eigenvalue weighted by molar-refractivity contribution is 5.98. The molecule has 210 valence electrons. The minimum atomic E-state index is -0.807. The Bertz CT molecular complexity index is 1450. The van der Waals surface area contributed by atoms with E-state index < -0.39 is 29.4 Å². The molecule has 0 aromatic heterocycles. The van der Waals surface area contributed by atoms with E-state index in [1.807, 2.05) is 24.3 Å². The summed E-state index contributed by atoms with van der Waals surface area (Å²) in [4.78, 5) is 14.5. The van der Waals surface area contributed by atoms with Crippen molar-refractivity contribution in [3.63, 3.8) is 0 Å². The Morgan fingerprint density at radius 2 is 1.93 bits per heavy atom. The molecule has 2 aliphatic heterocycles. The highest BCUT2D eigenvalue weighted by Gasteiger charge is 2.32. The number of nitrogens with zero attached hydrogens (tertiary/aromatic N) is 1. The zero-order chi connectivity index (χ0) is 28.6. The van der Waals surface area contributed by atoms with Crippen molar-refractivity contribution in [3.8, 4) is 17.2 Å². The number of halogens is 2. The van der Waals surface area contributed by atoms with Crippen molar-refractivity contribution >= 4 is 17.1 Å². The van der Waals surface area contributed by atoms with Gasteiger partial charge in [0.05, 0.1) is 11.1 Å². The minimum Gasteiger partial charge on any atom is -0.505 e. The first-order valence-electron chi connectivity index (χ1n) is 13.6. The number of ether oxygens (including phenoxy) is 2. The summed E-state index contributed by atoms with van der Waals surface area (Å²) in [5, 5.41) is 12.5. The van der Waals surface area contributed by atoms with E-state index in [0.717, 1.165) is 24.4 Å². The molecule has 3 atom stereocenters. The predicted octanol–water partition coefficient (Wildman–Crippen LogP) is 6.20. The Labute approximate surface area is 233 Å². The molecule has 0 radical (unpaired) electrons. The van der Waals surface area contributed by atoms with Crippen LogP contribution in [0, 0.1) is 17.6 Å². The first-order valence-corrected chi connectivity index (χ1v) is 13.6. The number of carbonyl (C=O) groups excluding carboxylic acids is 1. The maximum atomic E-state index is 15.1. The molecule has 0 saturated carbocycles. The van der Waals surface area contributed by atoms with Crippen molar-refractivity contribution in [3.05, 3.63) is 88.5 Å². The van der Waals surface area contributed by atoms with Crippen LogP contribution in [0.3, 0.4) is 0 Å². The quantitative estimate of drug-likeness (QED) is 0.368. The Kier molecular flexibility index (Phi) is 7.81. The van der Waals surface area contributed by atoms with Gasteiger partial charge in [-0.05, 0) is 85.8 Å². The number of hydrogen-bond donors (Lipinski definition) is 2. The van der Waals surface area contributed by atoms with Crippen LogP contribution in [0.1, 0.15) is 60.3 Å². The van der Waals surface area contributed by atoms with Gasteiger partial charge in [0.1, 0.15) is 30.0 Å². The molecule has 0 aliphatic carbocycles. The third-order valence-electron chi connectivity index (χ3n) is 7.87. The third-order valence-corrected chi connectivity index (χ3v) is 7.87. The molecule has 3 aromatic rings. The Morgan fingerprint density at radius 3 is 2.58 bits per heavy atom. The average molecular weight is 549 g/mol. The van der Waals surface area contributed by atoms with E-state index in [0.29, 0.717) is 35.3 Å². The average Bonchev–Trinajstić information content (AvgIpc) is 3.39. The van der Waals surface area contributed by atoms with Gasteiger partial charge in [0, 0.05) is 25.2 Å². The summed E-state index contributed by atoms with van der Waals surface area (Å²) in [7, 11) is 1.43. The summed E-state index contributed by atoms with van der Waals surface area (Å²) >= 11 is 0. The second-order valence-corrected chi connectivity index (χ2v) is 10.7. The molecule has 0 bridgehead atoms. The number of fused-ring (bicyclic) bond motifs is 1. The van der Waals surface area contributed by atoms with E-state index in [-0.39, 0.29) is 16.9 Å². The van der Waals surface area contributed by atoms with Crippen LogP contribution in [0.4, 0.5) is 8.78 Å². The number of phenolic OH excluding ortho intramolecular Hbond substituents is 1. The van der Waals surface area contributed by atoms with Crippen LogP contribution in [-0.4, -0.2) is 48.7 Å². The van der Waals surface area contributed by atoms with Gasteiger partial charge in [0.2, 0.25) is 0 Å². The molecule has 5 rings (SSSR count). The number of hydrogen-bond acceptors (Lipinski definition) is 5. The highest BCUT2D eigenvalue weighted by atomic mass is 19.1. The molecule has 1 saturated heterocycles. The monoisotopic (exact) mass is 548 g/mol. The lowest BCUT2D eigenvalue weighted by atomic mass is 9.85. The topological polar surface area (TPSA) is 71.0 Å². The van der Waals surface area contributed by atoms with Crippen LogP contribution in [-0.2, 0) is 0 Å². The molecule has 2 N–H and O–H groups in total. The summed E-state index contributed by atoms with van der Waals surface area (Å²) in [6, 6.07) is 14.8. The zero-order valence-electron chi connectivity index (χ0n) is 23.1. The van der Waals surface area contributed by atoms with E-state index in [9.17, 15) is 9.90 Å². The second-order valence-electron chi connectivity index (χ2n) is 10.7. The maximum Gasteiger partial charge on any atom is 0.253 e. The van der Waals surface area contributed by atoms with Gasteiger partial charge in [-0.3, -0.25) is 9.69 Å². The van der Waals surface area contributed by atoms with Gasteiger partial charge in [-0.15, -0.1) is 0 Å². The van der Waals surface area contributed by atoms with Crippen molar-refractivity contribution in [2.75, 3.05) is 26.7 Å². The lowest BCUT2D eigenvalue weighted by Crippen LogP contribution is -2.35. The van der Waals surface area contributed by atoms with Gasteiger partial charge in [0.15, 0.2) is 11.6 Å². The first-order chi connectivity index (χ1) is 19.2. The number of likely N-dealkylation sites (tertiary alicyclic amines) is 1. The Hall–Kier alpha value is -3.91. The number of carbonyl (C=O) groups is 1. The molecule has 1 amide bonds. The fourth-order valence-corrected chi connectivity index (χ4v) is 5.55. The number of benzene rings is 3. The van der Waals surface area contributed by atoms with Crippen molar-refractivity contribution in [1.29, 1.82) is 0 Å². The largest absolute Gasteiger partial charge is 0.505 e. The number of phenols is 1. The number of rotatable bonds is 7. The van der Waals surface area contributed by atoms with E-state index in [4.69, 9.17) is 9.47 Å². The van der Waals surface area contributed by atoms with Crippen LogP contribution in [0.15, 0.2) is 54.6 Å². The molecule has 2 heterocycles. The van der Waals surface area contributed by atoms with Gasteiger partial charge in [-0.2, -0.15) is 0 Å². The number of nitrogens with one attached hydrogen (secondary N) is 1. The van der Waals surface area contributed by atoms with Crippen LogP contribution >= 0.6 is 0 Å². The molecule has 1 fully saturated rings. The molecular weight excluding hydrogens is 514 g/mol. The van der Waals surface area contributed by atoms with Crippen molar-refractivity contribution < 1.29 is 28.2 Å². The summed E-state index contributed by atoms with van der Waals surface area (Å²) < 4.78 is 42.5. The standard InChI is InChI=1S/C32H34F2N2O4/c1-18-13-14-36(16-18)19(2)17-39-23-8-5-21(6-9-23)31-28(22-7-10-24(25(33)15-22)32(38)35-4)20(3)29-27(40-31)12-11-26(37)30(29)34/h5-12,15,18-19,31,37H,13-14,16-17H2,1-4H3,(H,35,38). The summed E-state index contributed by atoms with van der Waals surface area (Å²) in [6.45, 7) is 8.90. The van der Waals surface area contributed by atoms with E-state index in [1.54, 1.807) is 13.0 Å². The van der Waals surface area contributed by atoms with Crippen molar-refractivity contribution in [1.82, 2.24) is 10.2 Å². The molecule has 0 spiro atoms. The Balaban J connectivity index is 1.47. The predicted molar refractivity (Wildman–Crippen MR) is 150 cm³/mol. The highest BCUT2D eigenvalue weighted by Crippen LogP contribution is 2.48. The fourth-order valence-electron chi connectivity index (χ4n) is 5.55. The maximum absolute atomic E-state index is 15.1. The molecular formula is C32H34F2N2O4. The van der Waals surface area contributed by atoms with Gasteiger partial charge >= 0.3 is 0 Å². The molecule has 40 heavy (non-hydrogen) atoms. The van der Waals surface area contributed by atoms with Crippen LogP contribution in [0.2, 0.25) is 0 Å². The molecule has 3 aromatic carbocycles. The Morgan fingerprint density at radius 1 is 1.18 bits per heavy atom. The van der Waals surface area contributed by atoms with Crippen LogP contribution in [0.5, 0.6) is 17.2 Å². The molecule has 2 aliphatic rings. The van der Waals surface area contributed by atoms with Crippen molar-refractivity contribution in [2.24, 2.45) is 5.92 Å². The zero-order valence-corrected chi connectivity index (χ0v) is 23.1. The number of amides is 1. The van der Waals surface area contributed by atoms with Gasteiger partial charge < -0.3 is 19.9 Å². The van der Waals surface area contributed by atoms with Gasteiger partial charge in [-0.1, -0.05) is 25.1 Å². The smallest absolute Gasteiger partial charge is 0.253 e. The van der Waals surface area contributed by atoms with Gasteiger partial charge in [0.25, 0.3) is 5.91 Å². The van der Waals surface area contributed by atoms with E-state index in [2.05, 4.69) is 24.1 Å². The van der Waals surface area contributed by atoms with E-state index in [1.165, 1.54) is 37.7 Å². The number of allylic oxidation sites excluding steroid dienone is 1. The first kappa shape index (κ1) is 27.6. The minimum absolute atomic E-state index is 0.0962. The van der Waals surface area contributed by atoms with Crippen molar-refractivity contribution in [2.45, 2.75) is 39.3 Å². The molecule has 3 unspecified atom stereocenters. The van der Waals surface area contributed by atoms with Gasteiger partial charge in [-0.25, -0.2) is 8.78 Å². The molecule has 6 nitrogen and oxygen atoms in total. The SMILES string of the molecule is CNC(=O)c1ccc(C2=C(C)c3c(ccc(O)c3F)OC2c2ccc(OCC(C)N3CCC(C)C3)cc2)cc1F. The van der Waals surface area contributed by atoms with Crippen LogP contribution in [0.25, 0.3) is 11.1 Å². The fraction of sp³-hybridized carbons (Fsp3) is 0.344. The lowest BCUT2D eigenvalue weighted by molar-refractivity contribution is 0.0959. The lowest BCUT2D eigenvalue weighted by Gasteiger charge is -2.31. The normalized spacial score (nSPS) is 19.6.